The summed E-state index contributed by atoms with van der Waals surface area (Å²) >= 11 is 0. The third-order valence-corrected chi connectivity index (χ3v) is 9.64. The number of carbonyl (C=O) groups excluding carboxylic acids is 6. The average molecular weight is 794 g/mol. The van der Waals surface area contributed by atoms with Crippen LogP contribution in [0.3, 0.4) is 0 Å². The van der Waals surface area contributed by atoms with Gasteiger partial charge in [-0.25, -0.2) is 14.2 Å². The van der Waals surface area contributed by atoms with E-state index in [1.54, 1.807) is 16.7 Å². The summed E-state index contributed by atoms with van der Waals surface area (Å²) in [5.74, 6) is -5.02. The molecule has 1 aliphatic rings. The summed E-state index contributed by atoms with van der Waals surface area (Å²) in [4.78, 5) is 103. The molecule has 1 fully saturated rings. The third kappa shape index (κ3) is 12.6. The highest BCUT2D eigenvalue weighted by Gasteiger charge is 2.42. The lowest BCUT2D eigenvalue weighted by Gasteiger charge is -2.33. The maximum absolute atomic E-state index is 14.0. The number of amides is 6. The second kappa shape index (κ2) is 19.1. The lowest BCUT2D eigenvalue weighted by Crippen LogP contribution is -2.63. The van der Waals surface area contributed by atoms with Gasteiger partial charge in [0.05, 0.1) is 24.2 Å². The fraction of sp³-hybridized carbons (Fsp3) is 0.559. The van der Waals surface area contributed by atoms with Crippen molar-refractivity contribution in [2.24, 2.45) is 11.7 Å². The summed E-state index contributed by atoms with van der Waals surface area (Å²) in [6, 6.07) is 2.19. The maximum Gasteiger partial charge on any atom is 0.470 e. The van der Waals surface area contributed by atoms with Crippen LogP contribution in [0.2, 0.25) is 0 Å². The first-order valence-corrected chi connectivity index (χ1v) is 19.1. The van der Waals surface area contributed by atoms with Crippen LogP contribution in [0.4, 0.5) is 5.69 Å². The van der Waals surface area contributed by atoms with Crippen LogP contribution < -0.4 is 32.0 Å². The Labute approximate surface area is 318 Å². The van der Waals surface area contributed by atoms with Gasteiger partial charge in [0.15, 0.2) is 0 Å². The summed E-state index contributed by atoms with van der Waals surface area (Å²) < 4.78 is 17.8. The minimum Gasteiger partial charge on any atom is -0.394 e. The van der Waals surface area contributed by atoms with Gasteiger partial charge in [-0.15, -0.1) is 0 Å². The standard InChI is InChI=1S/C34H52N9O11P/c1-20(2)15-24(38-33(50)27-13-10-14-42(27)21(3)45)30(47)37-25(16-23-17-36-19-43(23)41(6)22-11-8-7-9-12-22)31(48)39-26(18-44)32(49)40-28(29(35)46)34(4,5)54-55(51,52)53/h7-9,11-12,17,19-20,24-28,44H,10,13-16,18H2,1-6H3,(H2,35,46)(H,37,47)(H,38,50)(H,39,48)(H,40,49)(H2,51,52,53)/t24-,25-,26-,27-,28+/m0/s1. The molecule has 1 saturated heterocycles. The molecule has 55 heavy (non-hydrogen) atoms. The normalized spacial score (nSPS) is 16.8. The Hall–Kier alpha value is -4.88. The molecule has 1 aromatic carbocycles. The van der Waals surface area contributed by atoms with Gasteiger partial charge in [-0.2, -0.15) is 0 Å². The molecule has 9 N–H and O–H groups in total. The van der Waals surface area contributed by atoms with Crippen LogP contribution in [0, 0.1) is 5.92 Å². The molecule has 0 unspecified atom stereocenters. The number of phosphoric acid groups is 1. The van der Waals surface area contributed by atoms with Crippen molar-refractivity contribution >= 4 is 49.0 Å². The van der Waals surface area contributed by atoms with Gasteiger partial charge in [0.2, 0.25) is 35.4 Å². The summed E-state index contributed by atoms with van der Waals surface area (Å²) in [6.07, 6.45) is 3.92. The van der Waals surface area contributed by atoms with Crippen molar-refractivity contribution in [2.45, 2.75) is 96.1 Å². The zero-order valence-corrected chi connectivity index (χ0v) is 32.6. The SMILES string of the molecule is CC(=O)N1CCC[C@H]1C(=O)N[C@@H](CC(C)C)C(=O)N[C@@H](Cc1cncn1N(C)c1ccccc1)C(=O)N[C@@H](CO)C(=O)N[C@H](C(N)=O)C(C)(C)OP(=O)(O)O. The molecular weight excluding hydrogens is 741 g/mol. The molecule has 0 bridgehead atoms. The van der Waals surface area contributed by atoms with Crippen molar-refractivity contribution in [1.29, 1.82) is 0 Å². The number of phosphoric ester groups is 1. The van der Waals surface area contributed by atoms with Crippen molar-refractivity contribution in [3.63, 3.8) is 0 Å². The van der Waals surface area contributed by atoms with Crippen LogP contribution in [-0.2, 0) is 44.3 Å². The quantitative estimate of drug-likeness (QED) is 0.0768. The Morgan fingerprint density at radius 1 is 1.00 bits per heavy atom. The number of primary amides is 1. The molecule has 21 heteroatoms. The largest absolute Gasteiger partial charge is 0.470 e. The first-order valence-electron chi connectivity index (χ1n) is 17.6. The number of hydrogen-bond donors (Lipinski definition) is 8. The van der Waals surface area contributed by atoms with Crippen LogP contribution in [0.5, 0.6) is 0 Å². The number of aliphatic hydroxyl groups excluding tert-OH is 1. The molecule has 20 nitrogen and oxygen atoms in total. The van der Waals surface area contributed by atoms with Crippen LogP contribution in [0.1, 0.15) is 59.6 Å². The Morgan fingerprint density at radius 3 is 2.16 bits per heavy atom. The highest BCUT2D eigenvalue weighted by molar-refractivity contribution is 7.46. The van der Waals surface area contributed by atoms with Crippen molar-refractivity contribution in [2.75, 3.05) is 25.2 Å². The second-order valence-electron chi connectivity index (χ2n) is 14.2. The fourth-order valence-electron chi connectivity index (χ4n) is 6.23. The smallest absolute Gasteiger partial charge is 0.394 e. The molecule has 0 radical (unpaired) electrons. The first-order chi connectivity index (χ1) is 25.6. The molecule has 1 aliphatic heterocycles. The van der Waals surface area contributed by atoms with E-state index in [0.717, 1.165) is 19.5 Å². The van der Waals surface area contributed by atoms with E-state index in [4.69, 9.17) is 5.73 Å². The zero-order valence-electron chi connectivity index (χ0n) is 31.7. The molecule has 2 heterocycles. The van der Waals surface area contributed by atoms with Gasteiger partial charge in [0.1, 0.15) is 42.1 Å². The molecule has 0 aliphatic carbocycles. The molecule has 6 amide bonds. The number of para-hydroxylation sites is 1. The molecule has 304 valence electrons. The van der Waals surface area contributed by atoms with Gasteiger partial charge in [0.25, 0.3) is 0 Å². The Balaban J connectivity index is 1.93. The minimum atomic E-state index is -5.18. The van der Waals surface area contributed by atoms with E-state index in [1.807, 2.05) is 44.2 Å². The number of imidazole rings is 1. The third-order valence-electron chi connectivity index (χ3n) is 8.93. The number of carbonyl (C=O) groups is 6. The van der Waals surface area contributed by atoms with Gasteiger partial charge in [-0.1, -0.05) is 32.0 Å². The predicted molar refractivity (Wildman–Crippen MR) is 197 cm³/mol. The van der Waals surface area contributed by atoms with Crippen LogP contribution >= 0.6 is 7.82 Å². The molecule has 0 saturated carbocycles. The minimum absolute atomic E-state index is 0.101. The predicted octanol–water partition coefficient (Wildman–Crippen LogP) is -1.31. The number of benzene rings is 1. The number of aromatic nitrogens is 2. The number of anilines is 1. The molecule has 5 atom stereocenters. The summed E-state index contributed by atoms with van der Waals surface area (Å²) in [5.41, 5.74) is 4.54. The number of rotatable bonds is 19. The van der Waals surface area contributed by atoms with E-state index >= 15 is 0 Å². The van der Waals surface area contributed by atoms with Gasteiger partial charge in [-0.3, -0.25) is 38.3 Å². The van der Waals surface area contributed by atoms with E-state index < -0.39 is 79.8 Å². The first kappa shape index (κ1) is 44.5. The number of aliphatic hydroxyl groups is 1. The summed E-state index contributed by atoms with van der Waals surface area (Å²) in [5, 5.41) is 21.8. The topological polar surface area (TPSA) is 288 Å². The van der Waals surface area contributed by atoms with E-state index in [2.05, 4.69) is 30.8 Å². The Kier molecular flexibility index (Phi) is 15.5. The number of likely N-dealkylation sites (tertiary alicyclic amines) is 1. The van der Waals surface area contributed by atoms with Crippen molar-refractivity contribution in [3.05, 3.63) is 48.5 Å². The maximum atomic E-state index is 14.0. The van der Waals surface area contributed by atoms with Gasteiger partial charge in [-0.05, 0) is 51.2 Å². The number of nitrogens with zero attached hydrogens (tertiary/aromatic N) is 4. The fourth-order valence-corrected chi connectivity index (χ4v) is 6.95. The van der Waals surface area contributed by atoms with Crippen molar-refractivity contribution < 1.29 is 52.7 Å². The molecule has 2 aromatic rings. The number of nitrogens with one attached hydrogen (secondary N) is 4. The highest BCUT2D eigenvalue weighted by Crippen LogP contribution is 2.42. The number of hydrogen-bond acceptors (Lipinski definition) is 11. The summed E-state index contributed by atoms with van der Waals surface area (Å²) in [7, 11) is -3.43. The van der Waals surface area contributed by atoms with Crippen molar-refractivity contribution in [3.8, 4) is 0 Å². The van der Waals surface area contributed by atoms with E-state index in [1.165, 1.54) is 24.3 Å². The molecular formula is C34H52N9O11P. The van der Waals surface area contributed by atoms with E-state index in [-0.39, 0.29) is 24.7 Å². The van der Waals surface area contributed by atoms with Crippen LogP contribution in [0.25, 0.3) is 0 Å². The van der Waals surface area contributed by atoms with E-state index in [0.29, 0.717) is 25.1 Å². The second-order valence-corrected chi connectivity index (χ2v) is 15.4. The number of nitrogens with two attached hydrogens (primary N) is 1. The van der Waals surface area contributed by atoms with Crippen LogP contribution in [-0.4, -0.2) is 121 Å². The highest BCUT2D eigenvalue weighted by atomic mass is 31.2. The monoisotopic (exact) mass is 793 g/mol. The lowest BCUT2D eigenvalue weighted by molar-refractivity contribution is -0.139. The van der Waals surface area contributed by atoms with E-state index in [9.17, 15) is 48.2 Å². The Bertz CT molecular complexity index is 1730. The zero-order chi connectivity index (χ0) is 41.2. The van der Waals surface area contributed by atoms with Gasteiger partial charge < -0.3 is 46.8 Å². The van der Waals surface area contributed by atoms with Crippen molar-refractivity contribution in [1.82, 2.24) is 35.8 Å². The van der Waals surface area contributed by atoms with Crippen LogP contribution in [0.15, 0.2) is 42.9 Å². The lowest BCUT2D eigenvalue weighted by atomic mass is 9.98. The summed E-state index contributed by atoms with van der Waals surface area (Å²) in [6.45, 7) is 6.59. The van der Waals surface area contributed by atoms with Gasteiger partial charge >= 0.3 is 7.82 Å². The molecule has 1 aromatic heterocycles. The van der Waals surface area contributed by atoms with Gasteiger partial charge in [0, 0.05) is 26.9 Å². The molecule has 0 spiro atoms. The average Bonchev–Trinajstić information content (AvgIpc) is 3.78. The molecule has 3 rings (SSSR count). The Morgan fingerprint density at radius 2 is 1.60 bits per heavy atom.